The van der Waals surface area contributed by atoms with Gasteiger partial charge in [0.25, 0.3) is 0 Å². The first-order valence-corrected chi connectivity index (χ1v) is 7.52. The van der Waals surface area contributed by atoms with Crippen molar-refractivity contribution >= 4 is 22.4 Å². The molecule has 0 saturated heterocycles. The Morgan fingerprint density at radius 3 is 2.68 bits per heavy atom. The SMILES string of the molecule is C=C=C=C=C=C=O.CCCCS(=O)c1ncccc1[N+](=O)[O-]. The van der Waals surface area contributed by atoms with E-state index >= 15 is 0 Å². The fourth-order valence-electron chi connectivity index (χ4n) is 1.17. The molecule has 7 heteroatoms. The summed E-state index contributed by atoms with van der Waals surface area (Å²) >= 11 is 0. The van der Waals surface area contributed by atoms with Crippen LogP contribution in [0, 0.1) is 10.1 Å². The van der Waals surface area contributed by atoms with Crippen molar-refractivity contribution in [2.24, 2.45) is 0 Å². The molecule has 0 aromatic carbocycles. The van der Waals surface area contributed by atoms with Gasteiger partial charge in [-0.1, -0.05) is 19.1 Å². The van der Waals surface area contributed by atoms with Gasteiger partial charge in [-0.25, -0.2) is 9.78 Å². The summed E-state index contributed by atoms with van der Waals surface area (Å²) in [6.07, 6.45) is 3.11. The fourth-order valence-corrected chi connectivity index (χ4v) is 2.47. The van der Waals surface area contributed by atoms with Gasteiger partial charge in [-0.3, -0.25) is 14.3 Å². The number of hydrogen-bond donors (Lipinski definition) is 0. The molecule has 1 unspecified atom stereocenters. The summed E-state index contributed by atoms with van der Waals surface area (Å²) in [4.78, 5) is 23.2. The average molecular weight is 318 g/mol. The molecule has 0 amide bonds. The Labute approximate surface area is 130 Å². The quantitative estimate of drug-likeness (QED) is 0.360. The van der Waals surface area contributed by atoms with Crippen molar-refractivity contribution in [1.29, 1.82) is 0 Å². The minimum atomic E-state index is -1.37. The lowest BCUT2D eigenvalue weighted by Gasteiger charge is -2.00. The maximum absolute atomic E-state index is 11.7. The van der Waals surface area contributed by atoms with E-state index in [0.29, 0.717) is 5.75 Å². The zero-order chi connectivity index (χ0) is 16.8. The third kappa shape index (κ3) is 7.76. The lowest BCUT2D eigenvalue weighted by atomic mass is 10.4. The van der Waals surface area contributed by atoms with Crippen LogP contribution >= 0.6 is 0 Å². The molecule has 0 radical (unpaired) electrons. The van der Waals surface area contributed by atoms with Gasteiger partial charge in [-0.15, -0.1) is 0 Å². The predicted molar refractivity (Wildman–Crippen MR) is 82.4 cm³/mol. The van der Waals surface area contributed by atoms with Crippen molar-refractivity contribution in [3.05, 3.63) is 57.9 Å². The highest BCUT2D eigenvalue weighted by molar-refractivity contribution is 7.85. The second-order valence-electron chi connectivity index (χ2n) is 3.64. The minimum Gasteiger partial charge on any atom is -0.258 e. The van der Waals surface area contributed by atoms with Gasteiger partial charge in [-0.2, -0.15) is 0 Å². The van der Waals surface area contributed by atoms with Crippen molar-refractivity contribution < 1.29 is 13.9 Å². The Morgan fingerprint density at radius 1 is 1.41 bits per heavy atom. The largest absolute Gasteiger partial charge is 0.303 e. The third-order valence-electron chi connectivity index (χ3n) is 2.11. The molecule has 0 N–H and O–H groups in total. The fraction of sp³-hybridized carbons (Fsp3) is 0.267. The maximum atomic E-state index is 11.7. The Morgan fingerprint density at radius 2 is 2.14 bits per heavy atom. The number of carbonyl (C=O) groups excluding carboxylic acids is 1. The number of aromatic nitrogens is 1. The molecular formula is C15H14N2O4S. The number of pyridine rings is 1. The summed E-state index contributed by atoms with van der Waals surface area (Å²) in [5.74, 6) is 1.79. The molecule has 0 spiro atoms. The van der Waals surface area contributed by atoms with Crippen molar-refractivity contribution in [2.75, 3.05) is 5.75 Å². The number of rotatable bonds is 5. The van der Waals surface area contributed by atoms with E-state index in [2.05, 4.69) is 28.8 Å². The third-order valence-corrected chi connectivity index (χ3v) is 3.52. The smallest absolute Gasteiger partial charge is 0.258 e. The van der Waals surface area contributed by atoms with E-state index in [4.69, 9.17) is 0 Å². The lowest BCUT2D eigenvalue weighted by Crippen LogP contribution is -2.04. The Kier molecular flexibility index (Phi) is 10.5. The molecule has 0 fully saturated rings. The number of hydrogen-bond acceptors (Lipinski definition) is 5. The summed E-state index contributed by atoms with van der Waals surface area (Å²) in [5.41, 5.74) is 8.52. The molecule has 0 aliphatic heterocycles. The van der Waals surface area contributed by atoms with Crippen LogP contribution in [0.5, 0.6) is 0 Å². The number of nitrogens with zero attached hydrogens (tertiary/aromatic N) is 2. The van der Waals surface area contributed by atoms with Crippen LogP contribution in [0.25, 0.3) is 0 Å². The average Bonchev–Trinajstić information content (AvgIpc) is 2.53. The van der Waals surface area contributed by atoms with E-state index in [1.165, 1.54) is 24.3 Å². The zero-order valence-electron chi connectivity index (χ0n) is 12.0. The molecule has 0 aliphatic rings. The van der Waals surface area contributed by atoms with Crippen LogP contribution in [0.15, 0.2) is 52.9 Å². The van der Waals surface area contributed by atoms with Crippen LogP contribution in [0.4, 0.5) is 5.69 Å². The van der Waals surface area contributed by atoms with Gasteiger partial charge in [0.15, 0.2) is 5.94 Å². The normalized spacial score (nSPS) is 9.50. The molecule has 0 saturated carbocycles. The van der Waals surface area contributed by atoms with Crippen molar-refractivity contribution in [3.8, 4) is 0 Å². The Bertz CT molecular complexity index is 693. The highest BCUT2D eigenvalue weighted by atomic mass is 32.2. The van der Waals surface area contributed by atoms with Gasteiger partial charge in [-0.05, 0) is 24.8 Å². The van der Waals surface area contributed by atoms with Crippen molar-refractivity contribution in [3.63, 3.8) is 0 Å². The molecule has 1 heterocycles. The molecule has 1 aromatic rings. The van der Waals surface area contributed by atoms with E-state index in [-0.39, 0.29) is 10.7 Å². The molecule has 1 rings (SSSR count). The van der Waals surface area contributed by atoms with Gasteiger partial charge < -0.3 is 0 Å². The van der Waals surface area contributed by atoms with Crippen molar-refractivity contribution in [2.45, 2.75) is 24.8 Å². The van der Waals surface area contributed by atoms with E-state index in [1.54, 1.807) is 0 Å². The van der Waals surface area contributed by atoms with E-state index in [9.17, 15) is 19.1 Å². The first kappa shape index (κ1) is 19.3. The molecule has 22 heavy (non-hydrogen) atoms. The summed E-state index contributed by atoms with van der Waals surface area (Å²) in [7, 11) is -1.37. The van der Waals surface area contributed by atoms with Crippen LogP contribution in [-0.4, -0.2) is 25.8 Å². The highest BCUT2D eigenvalue weighted by Crippen LogP contribution is 2.19. The summed E-state index contributed by atoms with van der Waals surface area (Å²) in [5, 5.41) is 10.7. The van der Waals surface area contributed by atoms with Crippen LogP contribution in [-0.2, 0) is 15.6 Å². The van der Waals surface area contributed by atoms with Crippen LogP contribution in [0.1, 0.15) is 19.8 Å². The summed E-state index contributed by atoms with van der Waals surface area (Å²) in [6.45, 7) is 5.14. The Balaban J connectivity index is 0.000000534. The highest BCUT2D eigenvalue weighted by Gasteiger charge is 2.19. The van der Waals surface area contributed by atoms with Gasteiger partial charge in [0.05, 0.1) is 15.7 Å². The molecule has 0 bridgehead atoms. The monoisotopic (exact) mass is 318 g/mol. The van der Waals surface area contributed by atoms with E-state index in [0.717, 1.165) is 12.8 Å². The lowest BCUT2D eigenvalue weighted by molar-refractivity contribution is -0.388. The number of unbranched alkanes of at least 4 members (excludes halogenated alkanes) is 1. The summed E-state index contributed by atoms with van der Waals surface area (Å²) < 4.78 is 11.7. The second-order valence-corrected chi connectivity index (χ2v) is 5.13. The second kappa shape index (κ2) is 12.0. The number of nitro groups is 1. The molecule has 0 aliphatic carbocycles. The first-order valence-electron chi connectivity index (χ1n) is 6.20. The molecule has 1 aromatic heterocycles. The van der Waals surface area contributed by atoms with Gasteiger partial charge in [0.1, 0.15) is 0 Å². The summed E-state index contributed by atoms with van der Waals surface area (Å²) in [6, 6.07) is 2.80. The topological polar surface area (TPSA) is 90.2 Å². The van der Waals surface area contributed by atoms with Crippen molar-refractivity contribution in [1.82, 2.24) is 4.98 Å². The standard InChI is InChI=1S/C9H12N2O3S.C6H2O/c1-2-3-7-15(14)9-8(11(12)13)5-4-6-10-9;1-2-3-4-5-6-7/h4-6H,2-3,7H2,1H3;1H2. The molecule has 1 atom stereocenters. The maximum Gasteiger partial charge on any atom is 0.303 e. The van der Waals surface area contributed by atoms with Crippen LogP contribution in [0.2, 0.25) is 0 Å². The van der Waals surface area contributed by atoms with Gasteiger partial charge >= 0.3 is 5.69 Å². The minimum absolute atomic E-state index is 0.0796. The first-order chi connectivity index (χ1) is 10.6. The van der Waals surface area contributed by atoms with E-state index < -0.39 is 15.7 Å². The zero-order valence-corrected chi connectivity index (χ0v) is 12.8. The molecule has 114 valence electrons. The van der Waals surface area contributed by atoms with E-state index in [1.807, 2.05) is 12.7 Å². The predicted octanol–water partition coefficient (Wildman–Crippen LogP) is 2.52. The Hall–Kier alpha value is -2.73. The van der Waals surface area contributed by atoms with Gasteiger partial charge in [0, 0.05) is 29.5 Å². The molecular weight excluding hydrogens is 304 g/mol. The molecule has 6 nitrogen and oxygen atoms in total. The van der Waals surface area contributed by atoms with Crippen LogP contribution < -0.4 is 0 Å². The van der Waals surface area contributed by atoms with Crippen LogP contribution in [0.3, 0.4) is 0 Å². The van der Waals surface area contributed by atoms with Gasteiger partial charge in [0.2, 0.25) is 5.03 Å².